The van der Waals surface area contributed by atoms with Crippen molar-refractivity contribution in [3.63, 3.8) is 0 Å². The minimum atomic E-state index is -4.18. The van der Waals surface area contributed by atoms with Gasteiger partial charge in [0.2, 0.25) is 0 Å². The summed E-state index contributed by atoms with van der Waals surface area (Å²) in [5.41, 5.74) is 0.401. The Bertz CT molecular complexity index is 266. The lowest BCUT2D eigenvalue weighted by atomic mass is 10.1. The molecule has 13 heavy (non-hydrogen) atoms. The second-order valence-electron chi connectivity index (χ2n) is 3.04. The van der Waals surface area contributed by atoms with Crippen molar-refractivity contribution in [1.29, 1.82) is 0 Å². The minimum absolute atomic E-state index is 0.0732. The molecule has 0 spiro atoms. The average Bonchev–Trinajstić information content (AvgIpc) is 1.94. The lowest BCUT2D eigenvalue weighted by Gasteiger charge is -2.11. The van der Waals surface area contributed by atoms with Gasteiger partial charge in [-0.2, -0.15) is 13.2 Å². The maximum Gasteiger partial charge on any atom is 0.412 e. The highest BCUT2D eigenvalue weighted by Gasteiger charge is 2.32. The topological polar surface area (TPSA) is 0 Å². The van der Waals surface area contributed by atoms with Crippen LogP contribution < -0.4 is 0 Å². The van der Waals surface area contributed by atoms with Crippen molar-refractivity contribution in [2.24, 2.45) is 0 Å². The van der Waals surface area contributed by atoms with Crippen LogP contribution in [0.5, 0.6) is 0 Å². The zero-order valence-corrected chi connectivity index (χ0v) is 7.36. The Morgan fingerprint density at radius 3 is 2.54 bits per heavy atom. The van der Waals surface area contributed by atoms with E-state index in [0.29, 0.717) is 6.42 Å². The molecule has 0 aromatic carbocycles. The SMILES string of the molecule is C/C1=C/C=C(/C(F)(F)F)CCC=C1. The van der Waals surface area contributed by atoms with Crippen LogP contribution in [0.2, 0.25) is 0 Å². The van der Waals surface area contributed by atoms with Crippen molar-refractivity contribution in [3.05, 3.63) is 35.5 Å². The summed E-state index contributed by atoms with van der Waals surface area (Å²) in [5.74, 6) is 0. The monoisotopic (exact) mass is 188 g/mol. The zero-order valence-electron chi connectivity index (χ0n) is 7.36. The smallest absolute Gasteiger partial charge is 0.166 e. The summed E-state index contributed by atoms with van der Waals surface area (Å²) in [4.78, 5) is 0. The van der Waals surface area contributed by atoms with Crippen molar-refractivity contribution >= 4 is 0 Å². The van der Waals surface area contributed by atoms with Crippen LogP contribution in [-0.2, 0) is 0 Å². The van der Waals surface area contributed by atoms with Gasteiger partial charge in [0, 0.05) is 5.57 Å². The first-order valence-corrected chi connectivity index (χ1v) is 4.11. The molecule has 1 aliphatic carbocycles. The Kier molecular flexibility index (Phi) is 2.96. The number of alkyl halides is 3. The molecule has 1 aliphatic rings. The van der Waals surface area contributed by atoms with Gasteiger partial charge in [0.1, 0.15) is 0 Å². The molecular weight excluding hydrogens is 177 g/mol. The van der Waals surface area contributed by atoms with Crippen LogP contribution in [0.15, 0.2) is 35.5 Å². The first-order chi connectivity index (χ1) is 6.00. The van der Waals surface area contributed by atoms with Crippen molar-refractivity contribution < 1.29 is 13.2 Å². The van der Waals surface area contributed by atoms with E-state index in [0.717, 1.165) is 5.57 Å². The van der Waals surface area contributed by atoms with Crippen LogP contribution in [0.3, 0.4) is 0 Å². The van der Waals surface area contributed by atoms with Gasteiger partial charge in [-0.25, -0.2) is 0 Å². The molecule has 0 saturated heterocycles. The lowest BCUT2D eigenvalue weighted by molar-refractivity contribution is -0.0938. The fourth-order valence-corrected chi connectivity index (χ4v) is 1.12. The van der Waals surface area contributed by atoms with Gasteiger partial charge in [-0.3, -0.25) is 0 Å². The van der Waals surface area contributed by atoms with Crippen molar-refractivity contribution in [2.45, 2.75) is 25.9 Å². The highest BCUT2D eigenvalue weighted by Crippen LogP contribution is 2.30. The highest BCUT2D eigenvalue weighted by atomic mass is 19.4. The number of halogens is 3. The first kappa shape index (κ1) is 10.1. The normalized spacial score (nSPS) is 26.8. The second kappa shape index (κ2) is 3.81. The number of allylic oxidation sites excluding steroid dienone is 6. The van der Waals surface area contributed by atoms with Crippen LogP contribution in [0.1, 0.15) is 19.8 Å². The van der Waals surface area contributed by atoms with Gasteiger partial charge in [-0.1, -0.05) is 29.9 Å². The third-order valence-electron chi connectivity index (χ3n) is 1.87. The number of hydrogen-bond donors (Lipinski definition) is 0. The van der Waals surface area contributed by atoms with Gasteiger partial charge in [0.25, 0.3) is 0 Å². The van der Waals surface area contributed by atoms with Crippen LogP contribution in [0.25, 0.3) is 0 Å². The Morgan fingerprint density at radius 1 is 1.23 bits per heavy atom. The van der Waals surface area contributed by atoms with E-state index in [1.165, 1.54) is 12.2 Å². The van der Waals surface area contributed by atoms with E-state index in [4.69, 9.17) is 0 Å². The van der Waals surface area contributed by atoms with Crippen LogP contribution in [-0.4, -0.2) is 6.18 Å². The fraction of sp³-hybridized carbons (Fsp3) is 0.400. The minimum Gasteiger partial charge on any atom is -0.166 e. The third-order valence-corrected chi connectivity index (χ3v) is 1.87. The van der Waals surface area contributed by atoms with Crippen LogP contribution >= 0.6 is 0 Å². The number of rotatable bonds is 0. The molecular formula is C10H11F3. The molecule has 0 fully saturated rings. The van der Waals surface area contributed by atoms with E-state index in [1.807, 2.05) is 6.08 Å². The maximum atomic E-state index is 12.3. The Morgan fingerprint density at radius 2 is 1.92 bits per heavy atom. The Labute approximate surface area is 75.4 Å². The molecule has 0 aromatic rings. The quantitative estimate of drug-likeness (QED) is 0.542. The lowest BCUT2D eigenvalue weighted by Crippen LogP contribution is -2.11. The molecule has 3 heteroatoms. The Hall–Kier alpha value is -0.990. The van der Waals surface area contributed by atoms with E-state index in [1.54, 1.807) is 13.0 Å². The van der Waals surface area contributed by atoms with Gasteiger partial charge in [-0.15, -0.1) is 0 Å². The van der Waals surface area contributed by atoms with Crippen LogP contribution in [0.4, 0.5) is 13.2 Å². The summed E-state index contributed by atoms with van der Waals surface area (Å²) >= 11 is 0. The van der Waals surface area contributed by atoms with Crippen molar-refractivity contribution in [3.8, 4) is 0 Å². The van der Waals surface area contributed by atoms with E-state index in [-0.39, 0.29) is 6.42 Å². The molecule has 0 saturated carbocycles. The largest absolute Gasteiger partial charge is 0.412 e. The van der Waals surface area contributed by atoms with Gasteiger partial charge in [0.05, 0.1) is 0 Å². The molecule has 0 amide bonds. The number of hydrogen-bond acceptors (Lipinski definition) is 0. The molecule has 0 N–H and O–H groups in total. The second-order valence-corrected chi connectivity index (χ2v) is 3.04. The van der Waals surface area contributed by atoms with Gasteiger partial charge < -0.3 is 0 Å². The standard InChI is InChI=1S/C10H11F3/c1-8-4-2-3-5-9(7-6-8)10(11,12)13/h2,4,6-7H,3,5H2,1H3/b4-2?,8-6-,9-7+. The molecule has 0 heterocycles. The fourth-order valence-electron chi connectivity index (χ4n) is 1.12. The molecule has 0 bridgehead atoms. The molecule has 0 atom stereocenters. The summed E-state index contributed by atoms with van der Waals surface area (Å²) < 4.78 is 36.8. The van der Waals surface area contributed by atoms with Gasteiger partial charge in [0.15, 0.2) is 0 Å². The summed E-state index contributed by atoms with van der Waals surface area (Å²) in [6, 6.07) is 0. The van der Waals surface area contributed by atoms with Crippen molar-refractivity contribution in [1.82, 2.24) is 0 Å². The average molecular weight is 188 g/mol. The first-order valence-electron chi connectivity index (χ1n) is 4.11. The molecule has 72 valence electrons. The van der Waals surface area contributed by atoms with Gasteiger partial charge >= 0.3 is 6.18 Å². The summed E-state index contributed by atoms with van der Waals surface area (Å²) in [7, 11) is 0. The summed E-state index contributed by atoms with van der Waals surface area (Å²) in [6.07, 6.45) is 2.62. The molecule has 0 radical (unpaired) electrons. The zero-order chi connectivity index (χ0) is 9.90. The van der Waals surface area contributed by atoms with E-state index in [9.17, 15) is 13.2 Å². The predicted octanol–water partition coefficient (Wildman–Crippen LogP) is 3.77. The van der Waals surface area contributed by atoms with Crippen molar-refractivity contribution in [2.75, 3.05) is 0 Å². The summed E-state index contributed by atoms with van der Waals surface area (Å²) in [5, 5.41) is 0. The van der Waals surface area contributed by atoms with E-state index < -0.39 is 11.7 Å². The predicted molar refractivity (Wildman–Crippen MR) is 46.3 cm³/mol. The van der Waals surface area contributed by atoms with E-state index in [2.05, 4.69) is 0 Å². The van der Waals surface area contributed by atoms with Gasteiger partial charge in [-0.05, 0) is 19.8 Å². The highest BCUT2D eigenvalue weighted by molar-refractivity contribution is 5.28. The maximum absolute atomic E-state index is 12.3. The molecule has 0 aliphatic heterocycles. The molecule has 1 rings (SSSR count). The Balaban J connectivity index is 2.88. The summed E-state index contributed by atoms with van der Waals surface area (Å²) in [6.45, 7) is 1.78. The van der Waals surface area contributed by atoms with Crippen LogP contribution in [0, 0.1) is 0 Å². The molecule has 0 nitrogen and oxygen atoms in total. The molecule has 0 aromatic heterocycles. The van der Waals surface area contributed by atoms with E-state index >= 15 is 0 Å². The third kappa shape index (κ3) is 3.09. The molecule has 0 unspecified atom stereocenters.